The van der Waals surface area contributed by atoms with Gasteiger partial charge in [-0.1, -0.05) is 18.2 Å². The molecule has 17 heavy (non-hydrogen) atoms. The number of hydrogen-bond donors (Lipinski definition) is 1. The van der Waals surface area contributed by atoms with E-state index in [0.29, 0.717) is 0 Å². The summed E-state index contributed by atoms with van der Waals surface area (Å²) in [6, 6.07) is 8.09. The van der Waals surface area contributed by atoms with Crippen molar-refractivity contribution in [1.82, 2.24) is 15.3 Å². The third-order valence-corrected chi connectivity index (χ3v) is 2.88. The van der Waals surface area contributed by atoms with Crippen LogP contribution in [-0.2, 0) is 0 Å². The Morgan fingerprint density at radius 3 is 2.71 bits per heavy atom. The molecule has 0 amide bonds. The van der Waals surface area contributed by atoms with Gasteiger partial charge in [-0.2, -0.15) is 0 Å². The number of nitrogens with one attached hydrogen (secondary N) is 1. The minimum atomic E-state index is 0. The summed E-state index contributed by atoms with van der Waals surface area (Å²) in [6.07, 6.45) is 1.90. The molecule has 0 saturated carbocycles. The molecule has 0 atom stereocenters. The molecule has 1 N–H and O–H groups in total. The number of aromatic nitrogens is 2. The first-order chi connectivity index (χ1) is 7.93. The predicted molar refractivity (Wildman–Crippen MR) is 71.9 cm³/mol. The molecule has 0 radical (unpaired) electrons. The van der Waals surface area contributed by atoms with Gasteiger partial charge in [-0.25, -0.2) is 9.97 Å². The van der Waals surface area contributed by atoms with Gasteiger partial charge >= 0.3 is 0 Å². The van der Waals surface area contributed by atoms with Gasteiger partial charge in [-0.3, -0.25) is 0 Å². The van der Waals surface area contributed by atoms with Crippen molar-refractivity contribution in [2.75, 3.05) is 31.1 Å². The van der Waals surface area contributed by atoms with E-state index in [-0.39, 0.29) is 12.4 Å². The zero-order chi connectivity index (χ0) is 10.8. The van der Waals surface area contributed by atoms with Crippen LogP contribution < -0.4 is 10.2 Å². The second-order valence-corrected chi connectivity index (χ2v) is 3.97. The van der Waals surface area contributed by atoms with E-state index < -0.39 is 0 Å². The molecule has 1 aromatic heterocycles. The Morgan fingerprint density at radius 1 is 1.12 bits per heavy atom. The maximum absolute atomic E-state index is 4.59. The molecule has 0 unspecified atom stereocenters. The van der Waals surface area contributed by atoms with Crippen LogP contribution in [0.3, 0.4) is 0 Å². The Kier molecular flexibility index (Phi) is 3.76. The van der Waals surface area contributed by atoms with E-state index in [9.17, 15) is 0 Å². The fraction of sp³-hybridized carbons (Fsp3) is 0.333. The molecule has 0 bridgehead atoms. The average molecular weight is 251 g/mol. The molecule has 1 fully saturated rings. The molecule has 1 aliphatic rings. The summed E-state index contributed by atoms with van der Waals surface area (Å²) in [5, 5.41) is 4.42. The second kappa shape index (κ2) is 5.29. The fourth-order valence-corrected chi connectivity index (χ4v) is 1.98. The smallest absolute Gasteiger partial charge is 0.225 e. The molecule has 1 aliphatic heterocycles. The van der Waals surface area contributed by atoms with Crippen LogP contribution >= 0.6 is 12.4 Å². The summed E-state index contributed by atoms with van der Waals surface area (Å²) in [5.74, 6) is 0.847. The van der Waals surface area contributed by atoms with Crippen molar-refractivity contribution in [3.63, 3.8) is 0 Å². The lowest BCUT2D eigenvalue weighted by atomic mass is 10.2. The van der Waals surface area contributed by atoms with E-state index in [2.05, 4.69) is 20.2 Å². The van der Waals surface area contributed by atoms with Crippen LogP contribution in [0, 0.1) is 0 Å². The molecular formula is C12H15ClN4. The van der Waals surface area contributed by atoms with E-state index in [1.165, 1.54) is 0 Å². The summed E-state index contributed by atoms with van der Waals surface area (Å²) < 4.78 is 0. The van der Waals surface area contributed by atoms with Gasteiger partial charge < -0.3 is 10.2 Å². The number of halogens is 1. The molecule has 4 nitrogen and oxygen atoms in total. The molecule has 2 heterocycles. The standard InChI is InChI=1S/C12H14N4.ClH/c1-2-4-11-10(3-1)9-14-12(15-11)16-7-5-13-6-8-16;/h1-4,9,13H,5-8H2;1H. The van der Waals surface area contributed by atoms with Crippen LogP contribution in [0.15, 0.2) is 30.5 Å². The van der Waals surface area contributed by atoms with Crippen molar-refractivity contribution >= 4 is 29.3 Å². The van der Waals surface area contributed by atoms with Crippen LogP contribution in [-0.4, -0.2) is 36.1 Å². The Hall–Kier alpha value is -1.39. The van der Waals surface area contributed by atoms with Gasteiger partial charge in [0.05, 0.1) is 5.52 Å². The van der Waals surface area contributed by atoms with Crippen molar-refractivity contribution in [3.8, 4) is 0 Å². The zero-order valence-electron chi connectivity index (χ0n) is 9.47. The van der Waals surface area contributed by atoms with Crippen LogP contribution in [0.4, 0.5) is 5.95 Å². The molecule has 2 aromatic rings. The minimum absolute atomic E-state index is 0. The second-order valence-electron chi connectivity index (χ2n) is 3.97. The summed E-state index contributed by atoms with van der Waals surface area (Å²) in [5.41, 5.74) is 1.02. The quantitative estimate of drug-likeness (QED) is 0.832. The first-order valence-electron chi connectivity index (χ1n) is 5.61. The van der Waals surface area contributed by atoms with Gasteiger partial charge in [-0.15, -0.1) is 12.4 Å². The number of nitrogens with zero attached hydrogens (tertiary/aromatic N) is 3. The van der Waals surface area contributed by atoms with Crippen molar-refractivity contribution in [2.45, 2.75) is 0 Å². The third kappa shape index (κ3) is 2.48. The normalized spacial score (nSPS) is 15.6. The number of hydrogen-bond acceptors (Lipinski definition) is 4. The highest BCUT2D eigenvalue weighted by Gasteiger charge is 2.12. The molecule has 1 saturated heterocycles. The summed E-state index contributed by atoms with van der Waals surface area (Å²) in [7, 11) is 0. The Morgan fingerprint density at radius 2 is 1.88 bits per heavy atom. The highest BCUT2D eigenvalue weighted by molar-refractivity contribution is 5.85. The molecule has 1 aromatic carbocycles. The van der Waals surface area contributed by atoms with E-state index in [4.69, 9.17) is 0 Å². The Labute approximate surface area is 106 Å². The molecular weight excluding hydrogens is 236 g/mol. The topological polar surface area (TPSA) is 41.1 Å². The first kappa shape index (κ1) is 12.1. The largest absolute Gasteiger partial charge is 0.338 e. The van der Waals surface area contributed by atoms with Crippen molar-refractivity contribution in [3.05, 3.63) is 30.5 Å². The van der Waals surface area contributed by atoms with Crippen LogP contribution in [0.25, 0.3) is 10.9 Å². The lowest BCUT2D eigenvalue weighted by Crippen LogP contribution is -2.44. The van der Waals surface area contributed by atoms with Gasteiger partial charge in [0.2, 0.25) is 5.95 Å². The van der Waals surface area contributed by atoms with Gasteiger partial charge in [0.15, 0.2) is 0 Å². The molecule has 5 heteroatoms. The summed E-state index contributed by atoms with van der Waals surface area (Å²) >= 11 is 0. The lowest BCUT2D eigenvalue weighted by molar-refractivity contribution is 0.580. The van der Waals surface area contributed by atoms with Gasteiger partial charge in [0, 0.05) is 37.8 Å². The van der Waals surface area contributed by atoms with Gasteiger partial charge in [0.1, 0.15) is 0 Å². The van der Waals surface area contributed by atoms with Crippen LogP contribution in [0.5, 0.6) is 0 Å². The van der Waals surface area contributed by atoms with Crippen molar-refractivity contribution in [2.24, 2.45) is 0 Å². The Balaban J connectivity index is 0.00000108. The minimum Gasteiger partial charge on any atom is -0.338 e. The number of fused-ring (bicyclic) bond motifs is 1. The summed E-state index contributed by atoms with van der Waals surface area (Å²) in [6.45, 7) is 3.99. The SMILES string of the molecule is Cl.c1ccc2nc(N3CCNCC3)ncc2c1. The average Bonchev–Trinajstić information content (AvgIpc) is 2.39. The van der Waals surface area contributed by atoms with E-state index in [0.717, 1.165) is 43.0 Å². The monoisotopic (exact) mass is 250 g/mol. The maximum atomic E-state index is 4.59. The third-order valence-electron chi connectivity index (χ3n) is 2.88. The van der Waals surface area contributed by atoms with E-state index in [1.54, 1.807) is 0 Å². The highest BCUT2D eigenvalue weighted by atomic mass is 35.5. The van der Waals surface area contributed by atoms with E-state index >= 15 is 0 Å². The number of benzene rings is 1. The first-order valence-corrected chi connectivity index (χ1v) is 5.61. The zero-order valence-corrected chi connectivity index (χ0v) is 10.3. The number of para-hydroxylation sites is 1. The fourth-order valence-electron chi connectivity index (χ4n) is 1.98. The highest BCUT2D eigenvalue weighted by Crippen LogP contribution is 2.14. The molecule has 0 aliphatic carbocycles. The van der Waals surface area contributed by atoms with Crippen molar-refractivity contribution < 1.29 is 0 Å². The lowest BCUT2D eigenvalue weighted by Gasteiger charge is -2.27. The van der Waals surface area contributed by atoms with E-state index in [1.807, 2.05) is 30.5 Å². The van der Waals surface area contributed by atoms with Crippen LogP contribution in [0.1, 0.15) is 0 Å². The maximum Gasteiger partial charge on any atom is 0.225 e. The number of piperazine rings is 1. The number of anilines is 1. The van der Waals surface area contributed by atoms with Gasteiger partial charge in [0.25, 0.3) is 0 Å². The predicted octanol–water partition coefficient (Wildman–Crippen LogP) is 1.46. The van der Waals surface area contributed by atoms with Gasteiger partial charge in [-0.05, 0) is 6.07 Å². The van der Waals surface area contributed by atoms with Crippen molar-refractivity contribution in [1.29, 1.82) is 0 Å². The molecule has 3 rings (SSSR count). The molecule has 0 spiro atoms. The number of rotatable bonds is 1. The summed E-state index contributed by atoms with van der Waals surface area (Å²) in [4.78, 5) is 11.2. The Bertz CT molecular complexity index is 497. The molecule has 90 valence electrons. The van der Waals surface area contributed by atoms with Crippen LogP contribution in [0.2, 0.25) is 0 Å².